The van der Waals surface area contributed by atoms with Crippen molar-refractivity contribution in [2.45, 2.75) is 33.8 Å². The highest BCUT2D eigenvalue weighted by atomic mass is 16.5. The van der Waals surface area contributed by atoms with Crippen molar-refractivity contribution in [2.24, 2.45) is 0 Å². The topological polar surface area (TPSA) is 44.2 Å². The van der Waals surface area contributed by atoms with Crippen molar-refractivity contribution in [1.29, 1.82) is 0 Å². The second-order valence-electron chi connectivity index (χ2n) is 3.65. The number of hydrogen-bond donors (Lipinski definition) is 0. The minimum atomic E-state index is 0.236. The van der Waals surface area contributed by atoms with Crippen molar-refractivity contribution < 1.29 is 9.47 Å². The lowest BCUT2D eigenvalue weighted by Crippen LogP contribution is -2.12. The SMILES string of the molecule is Cc1ncc(OCCOC(C)C)nc1C. The van der Waals surface area contributed by atoms with Gasteiger partial charge in [-0.2, -0.15) is 0 Å². The molecule has 0 aromatic carbocycles. The van der Waals surface area contributed by atoms with Crippen LogP contribution in [0.3, 0.4) is 0 Å². The van der Waals surface area contributed by atoms with Crippen LogP contribution in [0.15, 0.2) is 6.20 Å². The Hall–Kier alpha value is -1.16. The van der Waals surface area contributed by atoms with Crippen LogP contribution in [-0.2, 0) is 4.74 Å². The predicted molar refractivity (Wildman–Crippen MR) is 58.1 cm³/mol. The molecule has 0 radical (unpaired) electrons. The third-order valence-corrected chi connectivity index (χ3v) is 1.95. The summed E-state index contributed by atoms with van der Waals surface area (Å²) < 4.78 is 10.7. The number of aromatic nitrogens is 2. The number of rotatable bonds is 5. The zero-order valence-electron chi connectivity index (χ0n) is 9.78. The summed E-state index contributed by atoms with van der Waals surface area (Å²) in [6.45, 7) is 8.92. The van der Waals surface area contributed by atoms with E-state index in [9.17, 15) is 0 Å². The quantitative estimate of drug-likeness (QED) is 0.696. The van der Waals surface area contributed by atoms with Gasteiger partial charge < -0.3 is 9.47 Å². The molecule has 1 aromatic rings. The van der Waals surface area contributed by atoms with Crippen LogP contribution in [0.25, 0.3) is 0 Å². The van der Waals surface area contributed by atoms with Crippen LogP contribution in [0, 0.1) is 13.8 Å². The molecule has 0 aliphatic rings. The fourth-order valence-corrected chi connectivity index (χ4v) is 1.02. The maximum atomic E-state index is 5.39. The van der Waals surface area contributed by atoms with E-state index < -0.39 is 0 Å². The molecular formula is C11H18N2O2. The fraction of sp³-hybridized carbons (Fsp3) is 0.636. The van der Waals surface area contributed by atoms with E-state index >= 15 is 0 Å². The van der Waals surface area contributed by atoms with E-state index in [-0.39, 0.29) is 6.10 Å². The van der Waals surface area contributed by atoms with E-state index in [1.54, 1.807) is 6.20 Å². The van der Waals surface area contributed by atoms with Gasteiger partial charge in [0.05, 0.1) is 30.3 Å². The number of ether oxygens (including phenoxy) is 2. The summed E-state index contributed by atoms with van der Waals surface area (Å²) in [5.74, 6) is 0.561. The minimum absolute atomic E-state index is 0.236. The first kappa shape index (κ1) is 11.9. The highest BCUT2D eigenvalue weighted by molar-refractivity contribution is 5.14. The van der Waals surface area contributed by atoms with Crippen LogP contribution in [0.5, 0.6) is 5.88 Å². The average molecular weight is 210 g/mol. The van der Waals surface area contributed by atoms with Gasteiger partial charge >= 0.3 is 0 Å². The van der Waals surface area contributed by atoms with Crippen molar-refractivity contribution in [3.8, 4) is 5.88 Å². The summed E-state index contributed by atoms with van der Waals surface area (Å²) in [6.07, 6.45) is 1.87. The molecule has 0 saturated heterocycles. The predicted octanol–water partition coefficient (Wildman–Crippen LogP) is 1.90. The van der Waals surface area contributed by atoms with Gasteiger partial charge in [0.25, 0.3) is 0 Å². The Morgan fingerprint density at radius 2 is 1.93 bits per heavy atom. The average Bonchev–Trinajstić information content (AvgIpc) is 2.18. The number of aryl methyl sites for hydroxylation is 2. The van der Waals surface area contributed by atoms with E-state index in [4.69, 9.17) is 9.47 Å². The van der Waals surface area contributed by atoms with Crippen molar-refractivity contribution in [1.82, 2.24) is 9.97 Å². The van der Waals surface area contributed by atoms with Gasteiger partial charge in [0.2, 0.25) is 5.88 Å². The molecule has 0 bridgehead atoms. The van der Waals surface area contributed by atoms with E-state index in [0.29, 0.717) is 19.1 Å². The molecule has 0 fully saturated rings. The molecule has 0 aliphatic carbocycles. The Labute approximate surface area is 90.7 Å². The van der Waals surface area contributed by atoms with Crippen LogP contribution < -0.4 is 4.74 Å². The molecule has 4 nitrogen and oxygen atoms in total. The van der Waals surface area contributed by atoms with Crippen LogP contribution in [0.1, 0.15) is 25.2 Å². The van der Waals surface area contributed by atoms with Gasteiger partial charge in [0.1, 0.15) is 6.61 Å². The summed E-state index contributed by atoms with van der Waals surface area (Å²) in [4.78, 5) is 8.41. The van der Waals surface area contributed by atoms with Gasteiger partial charge in [-0.15, -0.1) is 0 Å². The molecule has 0 spiro atoms. The molecule has 0 atom stereocenters. The monoisotopic (exact) mass is 210 g/mol. The Balaban J connectivity index is 2.35. The highest BCUT2D eigenvalue weighted by Crippen LogP contribution is 2.07. The van der Waals surface area contributed by atoms with E-state index in [1.807, 2.05) is 27.7 Å². The summed E-state index contributed by atoms with van der Waals surface area (Å²) in [6, 6.07) is 0. The molecule has 1 heterocycles. The molecule has 1 rings (SSSR count). The summed E-state index contributed by atoms with van der Waals surface area (Å²) in [7, 11) is 0. The Bertz CT molecular complexity index is 313. The standard InChI is InChI=1S/C11H18N2O2/c1-8(2)14-5-6-15-11-7-12-9(3)10(4)13-11/h7-8H,5-6H2,1-4H3. The van der Waals surface area contributed by atoms with Crippen LogP contribution >= 0.6 is 0 Å². The second kappa shape index (κ2) is 5.66. The van der Waals surface area contributed by atoms with E-state index in [2.05, 4.69) is 9.97 Å². The molecule has 0 aliphatic heterocycles. The Morgan fingerprint density at radius 1 is 1.20 bits per heavy atom. The zero-order chi connectivity index (χ0) is 11.3. The molecule has 0 saturated carbocycles. The lowest BCUT2D eigenvalue weighted by atomic mass is 10.4. The molecule has 1 aromatic heterocycles. The molecule has 84 valence electrons. The first-order valence-corrected chi connectivity index (χ1v) is 5.14. The minimum Gasteiger partial charge on any atom is -0.474 e. The van der Waals surface area contributed by atoms with Crippen LogP contribution in [0.2, 0.25) is 0 Å². The van der Waals surface area contributed by atoms with Gasteiger partial charge in [-0.3, -0.25) is 4.98 Å². The fourth-order valence-electron chi connectivity index (χ4n) is 1.02. The van der Waals surface area contributed by atoms with Gasteiger partial charge in [-0.05, 0) is 27.7 Å². The van der Waals surface area contributed by atoms with E-state index in [0.717, 1.165) is 11.4 Å². The van der Waals surface area contributed by atoms with Gasteiger partial charge in [-0.25, -0.2) is 4.98 Å². The first-order valence-electron chi connectivity index (χ1n) is 5.14. The van der Waals surface area contributed by atoms with Crippen molar-refractivity contribution >= 4 is 0 Å². The molecule has 0 amide bonds. The number of hydrogen-bond acceptors (Lipinski definition) is 4. The van der Waals surface area contributed by atoms with Crippen LogP contribution in [-0.4, -0.2) is 29.3 Å². The zero-order valence-corrected chi connectivity index (χ0v) is 9.78. The van der Waals surface area contributed by atoms with Crippen molar-refractivity contribution in [3.63, 3.8) is 0 Å². The molecule has 4 heteroatoms. The van der Waals surface area contributed by atoms with Gasteiger partial charge in [-0.1, -0.05) is 0 Å². The van der Waals surface area contributed by atoms with Gasteiger partial charge in [0.15, 0.2) is 0 Å². The summed E-state index contributed by atoms with van der Waals surface area (Å²) in [5, 5.41) is 0. The largest absolute Gasteiger partial charge is 0.474 e. The second-order valence-corrected chi connectivity index (χ2v) is 3.65. The lowest BCUT2D eigenvalue weighted by Gasteiger charge is -2.09. The summed E-state index contributed by atoms with van der Waals surface area (Å²) >= 11 is 0. The van der Waals surface area contributed by atoms with Gasteiger partial charge in [0, 0.05) is 0 Å². The molecule has 15 heavy (non-hydrogen) atoms. The maximum Gasteiger partial charge on any atom is 0.232 e. The molecule has 0 unspecified atom stereocenters. The molecule has 0 N–H and O–H groups in total. The van der Waals surface area contributed by atoms with Crippen molar-refractivity contribution in [2.75, 3.05) is 13.2 Å². The highest BCUT2D eigenvalue weighted by Gasteiger charge is 2.00. The number of nitrogens with zero attached hydrogens (tertiary/aromatic N) is 2. The lowest BCUT2D eigenvalue weighted by molar-refractivity contribution is 0.0541. The van der Waals surface area contributed by atoms with Crippen LogP contribution in [0.4, 0.5) is 0 Å². The normalized spacial score (nSPS) is 10.7. The molecular weight excluding hydrogens is 192 g/mol. The maximum absolute atomic E-state index is 5.39. The first-order chi connectivity index (χ1) is 7.09. The Morgan fingerprint density at radius 3 is 2.53 bits per heavy atom. The Kier molecular flexibility index (Phi) is 4.49. The van der Waals surface area contributed by atoms with E-state index in [1.165, 1.54) is 0 Å². The summed E-state index contributed by atoms with van der Waals surface area (Å²) in [5.41, 5.74) is 1.83. The third kappa shape index (κ3) is 4.25. The smallest absolute Gasteiger partial charge is 0.232 e. The third-order valence-electron chi connectivity index (χ3n) is 1.95. The van der Waals surface area contributed by atoms with Crippen molar-refractivity contribution in [3.05, 3.63) is 17.6 Å².